The van der Waals surface area contributed by atoms with Crippen molar-refractivity contribution in [2.24, 2.45) is 11.3 Å². The molecule has 0 aromatic carbocycles. The number of likely N-dealkylation sites (tertiary alicyclic amines) is 3. The van der Waals surface area contributed by atoms with Crippen molar-refractivity contribution in [3.05, 3.63) is 0 Å². The second-order valence-corrected chi connectivity index (χ2v) is 7.54. The van der Waals surface area contributed by atoms with Gasteiger partial charge in [-0.25, -0.2) is 0 Å². The van der Waals surface area contributed by atoms with Gasteiger partial charge in [-0.05, 0) is 90.3 Å². The predicted molar refractivity (Wildman–Crippen MR) is 103 cm³/mol. The smallest absolute Gasteiger partial charge is 0.00364 e. The normalized spacial score (nSPS) is 26.3. The van der Waals surface area contributed by atoms with E-state index in [1.54, 1.807) is 0 Å². The zero-order valence-corrected chi connectivity index (χ0v) is 16.9. The molecule has 0 atom stereocenters. The zero-order valence-electron chi connectivity index (χ0n) is 16.9. The average molecular weight is 326 g/mol. The van der Waals surface area contributed by atoms with E-state index in [9.17, 15) is 0 Å². The molecule has 3 aliphatic heterocycles. The maximum absolute atomic E-state index is 2.76. The van der Waals surface area contributed by atoms with Crippen molar-refractivity contribution < 1.29 is 0 Å². The molecule has 3 nitrogen and oxygen atoms in total. The summed E-state index contributed by atoms with van der Waals surface area (Å²) in [7, 11) is 4.55. The molecule has 3 heterocycles. The Kier molecular flexibility index (Phi) is 9.72. The van der Waals surface area contributed by atoms with Crippen molar-refractivity contribution in [3.8, 4) is 0 Å². The quantitative estimate of drug-likeness (QED) is 0.764. The van der Waals surface area contributed by atoms with Crippen LogP contribution in [0.3, 0.4) is 0 Å². The van der Waals surface area contributed by atoms with Crippen LogP contribution >= 0.6 is 0 Å². The van der Waals surface area contributed by atoms with Gasteiger partial charge in [0.1, 0.15) is 0 Å². The van der Waals surface area contributed by atoms with Gasteiger partial charge in [0.15, 0.2) is 0 Å². The van der Waals surface area contributed by atoms with Crippen LogP contribution in [0.4, 0.5) is 0 Å². The Labute approximate surface area is 146 Å². The molecule has 1 spiro atoms. The Bertz CT molecular complexity index is 289. The average Bonchev–Trinajstić information content (AvgIpc) is 2.96. The molecule has 0 aromatic heterocycles. The molecule has 0 N–H and O–H groups in total. The van der Waals surface area contributed by atoms with Gasteiger partial charge >= 0.3 is 0 Å². The maximum Gasteiger partial charge on any atom is 0.00364 e. The third-order valence-corrected chi connectivity index (χ3v) is 5.90. The van der Waals surface area contributed by atoms with Crippen LogP contribution in [0.15, 0.2) is 0 Å². The van der Waals surface area contributed by atoms with Crippen LogP contribution in [0.5, 0.6) is 0 Å². The third kappa shape index (κ3) is 6.36. The Morgan fingerprint density at radius 1 is 0.739 bits per heavy atom. The third-order valence-electron chi connectivity index (χ3n) is 5.90. The number of hydrogen-bond acceptors (Lipinski definition) is 3. The fourth-order valence-corrected chi connectivity index (χ4v) is 4.39. The number of rotatable bonds is 2. The summed E-state index contributed by atoms with van der Waals surface area (Å²) >= 11 is 0. The Hall–Kier alpha value is -0.120. The summed E-state index contributed by atoms with van der Waals surface area (Å²) in [4.78, 5) is 7.78. The van der Waals surface area contributed by atoms with Gasteiger partial charge in [0, 0.05) is 13.1 Å². The molecule has 3 heteroatoms. The van der Waals surface area contributed by atoms with Crippen LogP contribution in [0, 0.1) is 11.3 Å². The fraction of sp³-hybridized carbons (Fsp3) is 1.00. The Balaban J connectivity index is 0.000000615. The molecule has 23 heavy (non-hydrogen) atoms. The SMILES string of the molecule is CC.CC.CN1CCC(CN2CCC3(CCN(C)C3)CC2)CC1. The van der Waals surface area contributed by atoms with Crippen molar-refractivity contribution in [1.29, 1.82) is 0 Å². The van der Waals surface area contributed by atoms with E-state index in [0.717, 1.165) is 5.92 Å². The first-order chi connectivity index (χ1) is 11.2. The molecule has 0 bridgehead atoms. The van der Waals surface area contributed by atoms with Gasteiger partial charge in [0.2, 0.25) is 0 Å². The highest BCUT2D eigenvalue weighted by atomic mass is 15.2. The second-order valence-electron chi connectivity index (χ2n) is 7.54. The first kappa shape index (κ1) is 20.9. The zero-order chi connectivity index (χ0) is 17.3. The molecule has 3 fully saturated rings. The molecule has 0 unspecified atom stereocenters. The van der Waals surface area contributed by atoms with E-state index in [-0.39, 0.29) is 0 Å². The van der Waals surface area contributed by atoms with Gasteiger partial charge in [-0.15, -0.1) is 0 Å². The minimum absolute atomic E-state index is 0.692. The standard InChI is InChI=1S/C16H31N3.2C2H6/c1-17-8-3-15(4-9-17)13-19-11-6-16(7-12-19)5-10-18(2)14-16;2*1-2/h15H,3-14H2,1-2H3;2*1-2H3. The van der Waals surface area contributed by atoms with Crippen molar-refractivity contribution >= 4 is 0 Å². The number of piperidine rings is 2. The van der Waals surface area contributed by atoms with Gasteiger partial charge in [0.25, 0.3) is 0 Å². The van der Waals surface area contributed by atoms with E-state index >= 15 is 0 Å². The van der Waals surface area contributed by atoms with Crippen LogP contribution in [0.25, 0.3) is 0 Å². The first-order valence-corrected chi connectivity index (χ1v) is 10.2. The monoisotopic (exact) mass is 325 g/mol. The molecule has 3 rings (SSSR count). The molecule has 3 aliphatic rings. The van der Waals surface area contributed by atoms with E-state index in [1.165, 1.54) is 77.9 Å². The maximum atomic E-state index is 2.76. The van der Waals surface area contributed by atoms with E-state index in [1.807, 2.05) is 27.7 Å². The summed E-state index contributed by atoms with van der Waals surface area (Å²) in [6.07, 6.45) is 7.18. The lowest BCUT2D eigenvalue weighted by atomic mass is 9.77. The van der Waals surface area contributed by atoms with Gasteiger partial charge in [-0.3, -0.25) is 0 Å². The molecule has 138 valence electrons. The lowest BCUT2D eigenvalue weighted by Gasteiger charge is -2.41. The minimum Gasteiger partial charge on any atom is -0.306 e. The van der Waals surface area contributed by atoms with Gasteiger partial charge in [-0.1, -0.05) is 27.7 Å². The minimum atomic E-state index is 0.692. The molecule has 0 amide bonds. The summed E-state index contributed by atoms with van der Waals surface area (Å²) in [5.41, 5.74) is 0.692. The lowest BCUT2D eigenvalue weighted by molar-refractivity contribution is 0.0843. The Morgan fingerprint density at radius 3 is 1.74 bits per heavy atom. The highest BCUT2D eigenvalue weighted by Crippen LogP contribution is 2.40. The summed E-state index contributed by atoms with van der Waals surface area (Å²) in [6.45, 7) is 17.4. The lowest BCUT2D eigenvalue weighted by Crippen LogP contribution is -2.44. The molecule has 0 aromatic rings. The van der Waals surface area contributed by atoms with Crippen molar-refractivity contribution in [3.63, 3.8) is 0 Å². The van der Waals surface area contributed by atoms with E-state index in [4.69, 9.17) is 0 Å². The summed E-state index contributed by atoms with van der Waals surface area (Å²) < 4.78 is 0. The topological polar surface area (TPSA) is 9.72 Å². The second kappa shape index (κ2) is 10.7. The highest BCUT2D eigenvalue weighted by Gasteiger charge is 2.39. The largest absolute Gasteiger partial charge is 0.306 e. The van der Waals surface area contributed by atoms with Crippen LogP contribution in [-0.4, -0.2) is 74.6 Å². The van der Waals surface area contributed by atoms with E-state index in [2.05, 4.69) is 28.8 Å². The van der Waals surface area contributed by atoms with E-state index in [0.29, 0.717) is 5.41 Å². The van der Waals surface area contributed by atoms with Crippen molar-refractivity contribution in [2.45, 2.75) is 59.8 Å². The van der Waals surface area contributed by atoms with Gasteiger partial charge in [0.05, 0.1) is 0 Å². The van der Waals surface area contributed by atoms with Crippen LogP contribution in [0.2, 0.25) is 0 Å². The van der Waals surface area contributed by atoms with Crippen molar-refractivity contribution in [2.75, 3.05) is 59.9 Å². The first-order valence-electron chi connectivity index (χ1n) is 10.2. The summed E-state index contributed by atoms with van der Waals surface area (Å²) in [5.74, 6) is 0.969. The molecule has 0 saturated carbocycles. The predicted octanol–water partition coefficient (Wildman–Crippen LogP) is 3.80. The summed E-state index contributed by atoms with van der Waals surface area (Å²) in [6, 6.07) is 0. The molecular weight excluding hydrogens is 282 g/mol. The van der Waals surface area contributed by atoms with E-state index < -0.39 is 0 Å². The molecule has 3 saturated heterocycles. The van der Waals surface area contributed by atoms with Crippen LogP contribution < -0.4 is 0 Å². The Morgan fingerprint density at radius 2 is 1.26 bits per heavy atom. The van der Waals surface area contributed by atoms with Crippen LogP contribution in [0.1, 0.15) is 59.8 Å². The van der Waals surface area contributed by atoms with Crippen molar-refractivity contribution in [1.82, 2.24) is 14.7 Å². The number of hydrogen-bond donors (Lipinski definition) is 0. The molecule has 0 radical (unpaired) electrons. The highest BCUT2D eigenvalue weighted by molar-refractivity contribution is 4.93. The molecule has 0 aliphatic carbocycles. The molecular formula is C20H43N3. The van der Waals surface area contributed by atoms with Gasteiger partial charge in [-0.2, -0.15) is 0 Å². The fourth-order valence-electron chi connectivity index (χ4n) is 4.39. The number of nitrogens with zero attached hydrogens (tertiary/aromatic N) is 3. The van der Waals surface area contributed by atoms with Crippen LogP contribution in [-0.2, 0) is 0 Å². The summed E-state index contributed by atoms with van der Waals surface area (Å²) in [5, 5.41) is 0. The van der Waals surface area contributed by atoms with Gasteiger partial charge < -0.3 is 14.7 Å².